The minimum atomic E-state index is 0.351. The zero-order valence-electron chi connectivity index (χ0n) is 14.0. The van der Waals surface area contributed by atoms with E-state index in [-0.39, 0.29) is 0 Å². The second-order valence-electron chi connectivity index (χ2n) is 6.96. The van der Waals surface area contributed by atoms with Gasteiger partial charge in [-0.05, 0) is 25.2 Å². The molecule has 1 heteroatoms. The van der Waals surface area contributed by atoms with Crippen LogP contribution in [0.3, 0.4) is 0 Å². The molecule has 1 rings (SSSR count). The van der Waals surface area contributed by atoms with Crippen LogP contribution in [0.25, 0.3) is 0 Å². The first-order chi connectivity index (χ1) is 9.74. The van der Waals surface area contributed by atoms with Gasteiger partial charge in [-0.2, -0.15) is 0 Å². The Hall–Kier alpha value is -0.330. The molecule has 0 amide bonds. The lowest BCUT2D eigenvalue weighted by Crippen LogP contribution is -2.07. The van der Waals surface area contributed by atoms with Gasteiger partial charge in [-0.3, -0.25) is 0 Å². The number of carbonyl (C=O) groups excluding carboxylic acids is 1. The monoisotopic (exact) mass is 280 g/mol. The maximum Gasteiger partial charge on any atom is 0.129 e. The zero-order valence-corrected chi connectivity index (χ0v) is 14.0. The number of ketones is 1. The Morgan fingerprint density at radius 2 is 1.40 bits per heavy atom. The molecule has 0 heterocycles. The van der Waals surface area contributed by atoms with E-state index in [2.05, 4.69) is 6.92 Å². The van der Waals surface area contributed by atoms with E-state index in [4.69, 9.17) is 0 Å². The summed E-state index contributed by atoms with van der Waals surface area (Å²) in [4.78, 5) is 10.8. The van der Waals surface area contributed by atoms with Gasteiger partial charge < -0.3 is 4.79 Å². The molecule has 0 aromatic heterocycles. The summed E-state index contributed by atoms with van der Waals surface area (Å²) in [5.41, 5.74) is 0. The van der Waals surface area contributed by atoms with Crippen LogP contribution in [-0.2, 0) is 4.79 Å². The molecule has 1 nitrogen and oxygen atoms in total. The smallest absolute Gasteiger partial charge is 0.129 e. The van der Waals surface area contributed by atoms with Crippen LogP contribution < -0.4 is 0 Å². The fourth-order valence-electron chi connectivity index (χ4n) is 3.83. The van der Waals surface area contributed by atoms with Crippen LogP contribution in [0, 0.1) is 11.8 Å². The second-order valence-corrected chi connectivity index (χ2v) is 6.96. The number of carbonyl (C=O) groups is 1. The summed E-state index contributed by atoms with van der Waals surface area (Å²) in [5.74, 6) is 2.47. The summed E-state index contributed by atoms with van der Waals surface area (Å²) in [6.07, 6.45) is 19.0. The average Bonchev–Trinajstić information content (AvgIpc) is 2.86. The van der Waals surface area contributed by atoms with Crippen molar-refractivity contribution in [2.45, 2.75) is 104 Å². The molecular weight excluding hydrogens is 244 g/mol. The van der Waals surface area contributed by atoms with Crippen molar-refractivity contribution in [1.82, 2.24) is 0 Å². The van der Waals surface area contributed by atoms with Crippen molar-refractivity contribution in [3.8, 4) is 0 Å². The lowest BCUT2D eigenvalue weighted by molar-refractivity contribution is -0.117. The van der Waals surface area contributed by atoms with Gasteiger partial charge in [-0.15, -0.1) is 0 Å². The van der Waals surface area contributed by atoms with E-state index in [1.165, 1.54) is 77.0 Å². The number of hydrogen-bond acceptors (Lipinski definition) is 1. The van der Waals surface area contributed by atoms with Crippen LogP contribution in [-0.4, -0.2) is 5.78 Å². The Morgan fingerprint density at radius 3 is 2.00 bits per heavy atom. The molecule has 0 spiro atoms. The molecule has 0 aromatic carbocycles. The van der Waals surface area contributed by atoms with E-state index in [1.54, 1.807) is 6.92 Å². The summed E-state index contributed by atoms with van der Waals surface area (Å²) in [6, 6.07) is 0. The topological polar surface area (TPSA) is 17.1 Å². The van der Waals surface area contributed by atoms with Crippen molar-refractivity contribution < 1.29 is 4.79 Å². The van der Waals surface area contributed by atoms with Crippen molar-refractivity contribution in [1.29, 1.82) is 0 Å². The minimum Gasteiger partial charge on any atom is -0.300 e. The van der Waals surface area contributed by atoms with Gasteiger partial charge in [0.2, 0.25) is 0 Å². The largest absolute Gasteiger partial charge is 0.300 e. The number of hydrogen-bond donors (Lipinski definition) is 0. The number of Topliss-reactive ketones (excluding diaryl/α,β-unsaturated/α-hetero) is 1. The van der Waals surface area contributed by atoms with Crippen molar-refractivity contribution in [3.63, 3.8) is 0 Å². The van der Waals surface area contributed by atoms with Gasteiger partial charge in [-0.25, -0.2) is 0 Å². The highest BCUT2D eigenvalue weighted by molar-refractivity contribution is 5.75. The lowest BCUT2D eigenvalue weighted by atomic mass is 9.87. The van der Waals surface area contributed by atoms with Crippen LogP contribution in [0.5, 0.6) is 0 Å². The van der Waals surface area contributed by atoms with E-state index in [0.717, 1.165) is 24.7 Å². The summed E-state index contributed by atoms with van der Waals surface area (Å²) < 4.78 is 0. The lowest BCUT2D eigenvalue weighted by Gasteiger charge is -2.19. The van der Waals surface area contributed by atoms with Gasteiger partial charge in [-0.1, -0.05) is 84.0 Å². The number of rotatable bonds is 12. The first-order valence-electron chi connectivity index (χ1n) is 9.23. The van der Waals surface area contributed by atoms with Crippen LogP contribution in [0.2, 0.25) is 0 Å². The molecule has 1 aliphatic rings. The molecule has 1 aliphatic carbocycles. The molecule has 0 aromatic rings. The van der Waals surface area contributed by atoms with Gasteiger partial charge in [0.05, 0.1) is 0 Å². The Balaban J connectivity index is 1.93. The molecule has 2 unspecified atom stereocenters. The summed E-state index contributed by atoms with van der Waals surface area (Å²) in [6.45, 7) is 4.02. The highest BCUT2D eigenvalue weighted by Gasteiger charge is 2.25. The third-order valence-electron chi connectivity index (χ3n) is 5.10. The second kappa shape index (κ2) is 11.3. The molecule has 0 aliphatic heterocycles. The molecule has 1 saturated carbocycles. The fraction of sp³-hybridized carbons (Fsp3) is 0.947. The molecular formula is C19H36O. The zero-order chi connectivity index (χ0) is 14.6. The van der Waals surface area contributed by atoms with Crippen molar-refractivity contribution >= 4 is 5.78 Å². The SMILES string of the molecule is CCCCC1CCCC1CCCCCCCCC(C)=O. The van der Waals surface area contributed by atoms with Crippen molar-refractivity contribution in [3.05, 3.63) is 0 Å². The minimum absolute atomic E-state index is 0.351. The maximum atomic E-state index is 10.8. The first-order valence-corrected chi connectivity index (χ1v) is 9.23. The van der Waals surface area contributed by atoms with E-state index in [0.29, 0.717) is 5.78 Å². The fourth-order valence-corrected chi connectivity index (χ4v) is 3.83. The molecule has 0 N–H and O–H groups in total. The Morgan fingerprint density at radius 1 is 0.850 bits per heavy atom. The van der Waals surface area contributed by atoms with Gasteiger partial charge in [0.15, 0.2) is 0 Å². The molecule has 0 saturated heterocycles. The molecule has 1 fully saturated rings. The molecule has 2 atom stereocenters. The number of unbranched alkanes of at least 4 members (excludes halogenated alkanes) is 6. The van der Waals surface area contributed by atoms with Gasteiger partial charge in [0, 0.05) is 6.42 Å². The molecule has 118 valence electrons. The van der Waals surface area contributed by atoms with Crippen LogP contribution in [0.15, 0.2) is 0 Å². The Kier molecular flexibility index (Phi) is 10.1. The van der Waals surface area contributed by atoms with E-state index >= 15 is 0 Å². The third-order valence-corrected chi connectivity index (χ3v) is 5.10. The maximum absolute atomic E-state index is 10.8. The summed E-state index contributed by atoms with van der Waals surface area (Å²) in [5, 5.41) is 0. The highest BCUT2D eigenvalue weighted by Crippen LogP contribution is 2.38. The first kappa shape index (κ1) is 17.7. The van der Waals surface area contributed by atoms with E-state index in [9.17, 15) is 4.79 Å². The highest BCUT2D eigenvalue weighted by atomic mass is 16.1. The van der Waals surface area contributed by atoms with Gasteiger partial charge in [0.25, 0.3) is 0 Å². The standard InChI is InChI=1S/C19H36O/c1-3-4-13-18-15-11-16-19(18)14-10-8-6-5-7-9-12-17(2)20/h18-19H,3-16H2,1-2H3. The van der Waals surface area contributed by atoms with Gasteiger partial charge in [0.1, 0.15) is 5.78 Å². The summed E-state index contributed by atoms with van der Waals surface area (Å²) >= 11 is 0. The van der Waals surface area contributed by atoms with Crippen molar-refractivity contribution in [2.75, 3.05) is 0 Å². The van der Waals surface area contributed by atoms with E-state index < -0.39 is 0 Å². The van der Waals surface area contributed by atoms with Crippen LogP contribution in [0.4, 0.5) is 0 Å². The molecule has 0 bridgehead atoms. The summed E-state index contributed by atoms with van der Waals surface area (Å²) in [7, 11) is 0. The molecule has 20 heavy (non-hydrogen) atoms. The molecule has 0 radical (unpaired) electrons. The van der Waals surface area contributed by atoms with Crippen LogP contribution >= 0.6 is 0 Å². The van der Waals surface area contributed by atoms with Crippen molar-refractivity contribution in [2.24, 2.45) is 11.8 Å². The normalized spacial score (nSPS) is 22.3. The predicted molar refractivity (Wildman–Crippen MR) is 88.0 cm³/mol. The predicted octanol–water partition coefficient (Wildman–Crippen LogP) is 6.30. The Labute approximate surface area is 126 Å². The third kappa shape index (κ3) is 8.07. The van der Waals surface area contributed by atoms with Crippen LogP contribution in [0.1, 0.15) is 104 Å². The van der Waals surface area contributed by atoms with Gasteiger partial charge >= 0.3 is 0 Å². The Bertz CT molecular complexity index is 246. The average molecular weight is 280 g/mol. The quantitative estimate of drug-likeness (QED) is 0.383. The van der Waals surface area contributed by atoms with E-state index in [1.807, 2.05) is 0 Å².